The molecule has 3 rings (SSSR count). The molecule has 13 nitrogen and oxygen atoms in total. The van der Waals surface area contributed by atoms with Gasteiger partial charge in [0.1, 0.15) is 18.5 Å². The summed E-state index contributed by atoms with van der Waals surface area (Å²) in [4.78, 5) is 67.7. The molecular weight excluding hydrogens is 528 g/mol. The van der Waals surface area contributed by atoms with Crippen molar-refractivity contribution in [3.63, 3.8) is 0 Å². The van der Waals surface area contributed by atoms with Gasteiger partial charge in [0.05, 0.1) is 5.56 Å². The van der Waals surface area contributed by atoms with E-state index in [9.17, 15) is 24.0 Å². The van der Waals surface area contributed by atoms with Gasteiger partial charge in [0, 0.05) is 46.3 Å². The van der Waals surface area contributed by atoms with Gasteiger partial charge in [-0.15, -0.1) is 0 Å². The fourth-order valence-electron chi connectivity index (χ4n) is 3.75. The van der Waals surface area contributed by atoms with Crippen LogP contribution in [0.1, 0.15) is 43.6 Å². The summed E-state index contributed by atoms with van der Waals surface area (Å²) in [6.07, 6.45) is -0.721. The normalized spacial score (nSPS) is 22.1. The second-order valence-corrected chi connectivity index (χ2v) is 8.57. The summed E-state index contributed by atoms with van der Waals surface area (Å²) in [7, 11) is 0. The van der Waals surface area contributed by atoms with Crippen LogP contribution in [0.25, 0.3) is 0 Å². The lowest BCUT2D eigenvalue weighted by molar-refractivity contribution is -0.266. The van der Waals surface area contributed by atoms with Crippen LogP contribution in [0.15, 0.2) is 53.8 Å². The lowest BCUT2D eigenvalue weighted by Gasteiger charge is -2.42. The van der Waals surface area contributed by atoms with Gasteiger partial charge in [0.2, 0.25) is 6.29 Å². The average molecular weight is 557 g/mol. The second kappa shape index (κ2) is 13.9. The molecule has 0 aliphatic carbocycles. The summed E-state index contributed by atoms with van der Waals surface area (Å²) >= 11 is 0. The highest BCUT2D eigenvalue weighted by molar-refractivity contribution is 5.90. The highest BCUT2D eigenvalue weighted by Crippen LogP contribution is 2.30. The smallest absolute Gasteiger partial charge is 0.345 e. The molecule has 1 aliphatic rings. The van der Waals surface area contributed by atoms with Crippen LogP contribution in [0.2, 0.25) is 0 Å². The molecule has 13 heteroatoms. The van der Waals surface area contributed by atoms with Crippen LogP contribution < -0.4 is 4.74 Å². The number of esters is 5. The maximum absolute atomic E-state index is 12.2. The van der Waals surface area contributed by atoms with E-state index in [4.69, 9.17) is 28.4 Å². The minimum absolute atomic E-state index is 0.269. The molecule has 5 unspecified atom stereocenters. The molecule has 0 N–H and O–H groups in total. The number of hydrogen-bond donors (Lipinski definition) is 0. The number of nitrogens with zero attached hydrogens (tertiary/aromatic N) is 2. The topological polar surface area (TPSA) is 166 Å². The van der Waals surface area contributed by atoms with Crippen molar-refractivity contribution in [2.75, 3.05) is 6.61 Å². The Balaban J connectivity index is 1.87. The van der Waals surface area contributed by atoms with Crippen LogP contribution >= 0.6 is 0 Å². The molecule has 0 radical (unpaired) electrons. The van der Waals surface area contributed by atoms with Gasteiger partial charge in [-0.25, -0.2) is 4.79 Å². The zero-order valence-corrected chi connectivity index (χ0v) is 22.2. The summed E-state index contributed by atoms with van der Waals surface area (Å²) < 4.78 is 32.3. The van der Waals surface area contributed by atoms with Gasteiger partial charge in [0.15, 0.2) is 18.2 Å². The quantitative estimate of drug-likeness (QED) is 0.190. The standard InChI is InChI=1S/C27H28N2O11/c1-15(30)35-14-22-24(36-16(2)31)25(37-17(3)32)23(27(40-22)38-18(4)33)29-12-19-7-9-21(10-8-19)39-26(34)20-6-5-11-28-13-20/h5-13,22-25,27H,14H2,1-4H3. The van der Waals surface area contributed by atoms with Crippen molar-refractivity contribution in [1.82, 2.24) is 4.98 Å². The first-order valence-corrected chi connectivity index (χ1v) is 12.1. The number of rotatable bonds is 9. The van der Waals surface area contributed by atoms with Crippen molar-refractivity contribution in [1.29, 1.82) is 0 Å². The van der Waals surface area contributed by atoms with Crippen molar-refractivity contribution in [3.05, 3.63) is 59.9 Å². The minimum atomic E-state index is -1.38. The van der Waals surface area contributed by atoms with Gasteiger partial charge in [-0.1, -0.05) is 0 Å². The molecule has 212 valence electrons. The van der Waals surface area contributed by atoms with Crippen LogP contribution in [-0.2, 0) is 42.9 Å². The number of aromatic nitrogens is 1. The number of aliphatic imine (C=N–C) groups is 1. The summed E-state index contributed by atoms with van der Waals surface area (Å²) in [6.45, 7) is 4.24. The van der Waals surface area contributed by atoms with E-state index < -0.39 is 60.5 Å². The van der Waals surface area contributed by atoms with Crippen molar-refractivity contribution in [3.8, 4) is 5.75 Å². The van der Waals surface area contributed by atoms with Crippen molar-refractivity contribution in [2.24, 2.45) is 4.99 Å². The van der Waals surface area contributed by atoms with Crippen LogP contribution in [0.4, 0.5) is 0 Å². The summed E-state index contributed by atoms with van der Waals surface area (Å²) in [5, 5.41) is 0. The van der Waals surface area contributed by atoms with E-state index in [1.807, 2.05) is 0 Å². The molecule has 5 atom stereocenters. The molecule has 1 fully saturated rings. The molecule has 0 spiro atoms. The Labute approximate surface area is 229 Å². The van der Waals surface area contributed by atoms with Crippen LogP contribution in [-0.4, -0.2) is 78.3 Å². The Morgan fingerprint density at radius 3 is 2.10 bits per heavy atom. The van der Waals surface area contributed by atoms with E-state index in [0.29, 0.717) is 5.56 Å². The molecule has 1 aromatic heterocycles. The van der Waals surface area contributed by atoms with Crippen molar-refractivity contribution < 1.29 is 52.4 Å². The van der Waals surface area contributed by atoms with E-state index in [2.05, 4.69) is 9.98 Å². The maximum Gasteiger partial charge on any atom is 0.345 e. The third-order valence-corrected chi connectivity index (χ3v) is 5.34. The number of carbonyl (C=O) groups excluding carboxylic acids is 5. The molecule has 1 aromatic carbocycles. The monoisotopic (exact) mass is 556 g/mol. The first-order chi connectivity index (χ1) is 19.0. The van der Waals surface area contributed by atoms with Crippen molar-refractivity contribution in [2.45, 2.75) is 58.3 Å². The third-order valence-electron chi connectivity index (χ3n) is 5.34. The summed E-state index contributed by atoms with van der Waals surface area (Å²) in [5.74, 6) is -3.11. The highest BCUT2D eigenvalue weighted by Gasteiger charge is 2.51. The third kappa shape index (κ3) is 8.70. The number of carbonyl (C=O) groups is 5. The van der Waals surface area contributed by atoms with E-state index in [1.54, 1.807) is 24.3 Å². The average Bonchev–Trinajstić information content (AvgIpc) is 2.89. The second-order valence-electron chi connectivity index (χ2n) is 8.57. The van der Waals surface area contributed by atoms with Gasteiger partial charge in [-0.3, -0.25) is 29.2 Å². The van der Waals surface area contributed by atoms with Gasteiger partial charge in [0.25, 0.3) is 0 Å². The molecule has 0 bridgehead atoms. The van der Waals surface area contributed by atoms with Gasteiger partial charge < -0.3 is 28.4 Å². The minimum Gasteiger partial charge on any atom is -0.463 e. The van der Waals surface area contributed by atoms with Crippen LogP contribution in [0, 0.1) is 0 Å². The molecule has 40 heavy (non-hydrogen) atoms. The van der Waals surface area contributed by atoms with E-state index >= 15 is 0 Å². The zero-order chi connectivity index (χ0) is 29.2. The first kappa shape index (κ1) is 29.9. The van der Waals surface area contributed by atoms with E-state index in [-0.39, 0.29) is 17.9 Å². The summed E-state index contributed by atoms with van der Waals surface area (Å²) in [5.41, 5.74) is 0.822. The molecule has 1 aliphatic heterocycles. The molecular formula is C27H28N2O11. The molecule has 2 aromatic rings. The Bertz CT molecular complexity index is 1250. The highest BCUT2D eigenvalue weighted by atomic mass is 16.7. The van der Waals surface area contributed by atoms with Gasteiger partial charge in [-0.2, -0.15) is 0 Å². The fourth-order valence-corrected chi connectivity index (χ4v) is 3.75. The SMILES string of the molecule is CC(=O)OCC1OC(OC(C)=O)C(N=Cc2ccc(OC(=O)c3cccnc3)cc2)C(OC(C)=O)C1OC(C)=O. The van der Waals surface area contributed by atoms with Gasteiger partial charge in [-0.05, 0) is 42.0 Å². The molecule has 0 saturated carbocycles. The first-order valence-electron chi connectivity index (χ1n) is 12.1. The largest absolute Gasteiger partial charge is 0.463 e. The molecule has 0 amide bonds. The van der Waals surface area contributed by atoms with Crippen molar-refractivity contribution >= 4 is 36.1 Å². The van der Waals surface area contributed by atoms with E-state index in [1.165, 1.54) is 37.7 Å². The number of benzene rings is 1. The van der Waals surface area contributed by atoms with Crippen LogP contribution in [0.3, 0.4) is 0 Å². The Morgan fingerprint density at radius 1 is 0.875 bits per heavy atom. The Hall–Kier alpha value is -4.65. The lowest BCUT2D eigenvalue weighted by Crippen LogP contribution is -2.61. The fraction of sp³-hybridized carbons (Fsp3) is 0.370. The molecule has 1 saturated heterocycles. The number of pyridine rings is 1. The summed E-state index contributed by atoms with van der Waals surface area (Å²) in [6, 6.07) is 8.30. The maximum atomic E-state index is 12.2. The predicted molar refractivity (Wildman–Crippen MR) is 135 cm³/mol. The zero-order valence-electron chi connectivity index (χ0n) is 22.2. The van der Waals surface area contributed by atoms with Gasteiger partial charge >= 0.3 is 29.8 Å². The Kier molecular flexibility index (Phi) is 10.4. The predicted octanol–water partition coefficient (Wildman–Crippen LogP) is 1.80. The Morgan fingerprint density at radius 2 is 1.52 bits per heavy atom. The molecule has 2 heterocycles. The number of ether oxygens (including phenoxy) is 6. The lowest BCUT2D eigenvalue weighted by atomic mass is 9.96. The van der Waals surface area contributed by atoms with E-state index in [0.717, 1.165) is 20.8 Å². The number of hydrogen-bond acceptors (Lipinski definition) is 13. The van der Waals surface area contributed by atoms with Crippen LogP contribution in [0.5, 0.6) is 5.75 Å².